The Kier molecular flexibility index (Phi) is 7.50. The predicted octanol–water partition coefficient (Wildman–Crippen LogP) is 3.22. The summed E-state index contributed by atoms with van der Waals surface area (Å²) in [5.74, 6) is 0.321. The van der Waals surface area contributed by atoms with Gasteiger partial charge in [-0.2, -0.15) is 0 Å². The van der Waals surface area contributed by atoms with E-state index in [0.717, 1.165) is 30.8 Å². The normalized spacial score (nSPS) is 17.0. The Hall–Kier alpha value is -0.460. The number of nitrogens with one attached hydrogen (secondary N) is 2. The predicted molar refractivity (Wildman–Crippen MR) is 96.6 cm³/mol. The Morgan fingerprint density at radius 3 is 2.83 bits per heavy atom. The molecule has 2 N–H and O–H groups in total. The molecule has 1 fully saturated rings. The molecule has 1 amide bonds. The summed E-state index contributed by atoms with van der Waals surface area (Å²) in [6, 6.07) is 5.26. The number of piperidine rings is 1. The van der Waals surface area contributed by atoms with Gasteiger partial charge in [-0.05, 0) is 44.1 Å². The molecule has 0 bridgehead atoms. The van der Waals surface area contributed by atoms with Crippen LogP contribution in [0.4, 0.5) is 0 Å². The minimum atomic E-state index is 0.0000490. The molecule has 1 saturated heterocycles. The summed E-state index contributed by atoms with van der Waals surface area (Å²) in [5, 5.41) is 7.61. The molecule has 0 radical (unpaired) electrons. The largest absolute Gasteiger partial charge is 0.384 e. The van der Waals surface area contributed by atoms with Crippen molar-refractivity contribution < 1.29 is 9.53 Å². The van der Waals surface area contributed by atoms with Crippen molar-refractivity contribution in [2.24, 2.45) is 5.41 Å². The van der Waals surface area contributed by atoms with Crippen LogP contribution in [0.5, 0.6) is 0 Å². The van der Waals surface area contributed by atoms with Crippen LogP contribution in [0.2, 0.25) is 10.0 Å². The van der Waals surface area contributed by atoms with Gasteiger partial charge in [0.15, 0.2) is 0 Å². The van der Waals surface area contributed by atoms with Crippen LogP contribution in [-0.4, -0.2) is 45.0 Å². The molecular formula is C16H22Cl2N2O2S. The second kappa shape index (κ2) is 9.14. The lowest BCUT2D eigenvalue weighted by Gasteiger charge is -2.37. The van der Waals surface area contributed by atoms with Crippen molar-refractivity contribution in [2.45, 2.75) is 17.7 Å². The van der Waals surface area contributed by atoms with Gasteiger partial charge in [-0.1, -0.05) is 23.2 Å². The van der Waals surface area contributed by atoms with E-state index in [-0.39, 0.29) is 11.3 Å². The fourth-order valence-electron chi connectivity index (χ4n) is 2.70. The van der Waals surface area contributed by atoms with Crippen LogP contribution in [0, 0.1) is 5.41 Å². The van der Waals surface area contributed by atoms with E-state index in [0.29, 0.717) is 28.9 Å². The van der Waals surface area contributed by atoms with Crippen LogP contribution in [-0.2, 0) is 9.53 Å². The van der Waals surface area contributed by atoms with E-state index < -0.39 is 0 Å². The standard InChI is InChI=1S/C16H22Cl2N2O2S/c1-22-11-16(4-6-19-7-5-16)10-20-15(21)9-23-14-8-12(17)2-3-13(14)18/h2-3,8,19H,4-7,9-11H2,1H3,(H,20,21). The average molecular weight is 377 g/mol. The van der Waals surface area contributed by atoms with Crippen molar-refractivity contribution in [3.8, 4) is 0 Å². The Morgan fingerprint density at radius 2 is 2.13 bits per heavy atom. The number of hydrogen-bond acceptors (Lipinski definition) is 4. The topological polar surface area (TPSA) is 50.4 Å². The van der Waals surface area contributed by atoms with Crippen molar-refractivity contribution in [3.05, 3.63) is 28.2 Å². The molecule has 0 aromatic heterocycles. The third kappa shape index (κ3) is 5.84. The average Bonchev–Trinajstić information content (AvgIpc) is 2.55. The summed E-state index contributed by atoms with van der Waals surface area (Å²) in [5.41, 5.74) is 0.0357. The van der Waals surface area contributed by atoms with Crippen LogP contribution < -0.4 is 10.6 Å². The molecule has 0 aliphatic carbocycles. The van der Waals surface area contributed by atoms with Crippen molar-refractivity contribution in [2.75, 3.05) is 39.1 Å². The fourth-order valence-corrected chi connectivity index (χ4v) is 4.03. The number of thioether (sulfide) groups is 1. The summed E-state index contributed by atoms with van der Waals surface area (Å²) < 4.78 is 5.36. The first-order chi connectivity index (χ1) is 11.0. The molecule has 0 atom stereocenters. The van der Waals surface area contributed by atoms with Crippen LogP contribution in [0.25, 0.3) is 0 Å². The van der Waals surface area contributed by atoms with Crippen molar-refractivity contribution in [1.82, 2.24) is 10.6 Å². The number of carbonyl (C=O) groups excluding carboxylic acids is 1. The van der Waals surface area contributed by atoms with Gasteiger partial charge in [-0.25, -0.2) is 0 Å². The Labute approximate surface area is 151 Å². The van der Waals surface area contributed by atoms with E-state index in [1.165, 1.54) is 11.8 Å². The molecule has 0 unspecified atom stereocenters. The van der Waals surface area contributed by atoms with E-state index in [1.807, 2.05) is 0 Å². The Balaban J connectivity index is 1.83. The molecule has 1 aliphatic rings. The number of amides is 1. The minimum absolute atomic E-state index is 0.0000490. The van der Waals surface area contributed by atoms with E-state index in [2.05, 4.69) is 10.6 Å². The summed E-state index contributed by atoms with van der Waals surface area (Å²) in [7, 11) is 1.71. The highest BCUT2D eigenvalue weighted by Crippen LogP contribution is 2.30. The number of carbonyl (C=O) groups is 1. The van der Waals surface area contributed by atoms with Gasteiger partial charge >= 0.3 is 0 Å². The van der Waals surface area contributed by atoms with Gasteiger partial charge in [0.05, 0.1) is 17.4 Å². The third-order valence-electron chi connectivity index (χ3n) is 4.03. The first-order valence-electron chi connectivity index (χ1n) is 7.59. The summed E-state index contributed by atoms with van der Waals surface area (Å²) in [4.78, 5) is 13.0. The third-order valence-corrected chi connectivity index (χ3v) is 5.76. The molecule has 23 heavy (non-hydrogen) atoms. The summed E-state index contributed by atoms with van der Waals surface area (Å²) in [6.45, 7) is 3.24. The van der Waals surface area contributed by atoms with E-state index in [9.17, 15) is 4.79 Å². The molecule has 0 spiro atoms. The van der Waals surface area contributed by atoms with Crippen molar-refractivity contribution >= 4 is 40.9 Å². The van der Waals surface area contributed by atoms with Gasteiger partial charge in [-0.15, -0.1) is 11.8 Å². The number of ether oxygens (including phenoxy) is 1. The highest BCUT2D eigenvalue weighted by molar-refractivity contribution is 8.00. The monoisotopic (exact) mass is 376 g/mol. The number of hydrogen-bond donors (Lipinski definition) is 2. The summed E-state index contributed by atoms with van der Waals surface area (Å²) >= 11 is 13.5. The quantitative estimate of drug-likeness (QED) is 0.717. The second-order valence-corrected chi connectivity index (χ2v) is 7.68. The first-order valence-corrected chi connectivity index (χ1v) is 9.33. The zero-order chi connectivity index (χ0) is 16.7. The van der Waals surface area contributed by atoms with Gasteiger partial charge in [0.1, 0.15) is 0 Å². The minimum Gasteiger partial charge on any atom is -0.384 e. The lowest BCUT2D eigenvalue weighted by Crippen LogP contribution is -2.47. The number of benzene rings is 1. The number of rotatable bonds is 7. The Bertz CT molecular complexity index is 531. The fraction of sp³-hybridized carbons (Fsp3) is 0.562. The maximum atomic E-state index is 12.1. The molecule has 1 aromatic rings. The molecule has 1 aliphatic heterocycles. The zero-order valence-electron chi connectivity index (χ0n) is 13.2. The highest BCUT2D eigenvalue weighted by Gasteiger charge is 2.32. The lowest BCUT2D eigenvalue weighted by atomic mass is 9.79. The molecular weight excluding hydrogens is 355 g/mol. The maximum absolute atomic E-state index is 12.1. The molecule has 128 valence electrons. The maximum Gasteiger partial charge on any atom is 0.230 e. The first kappa shape index (κ1) is 18.9. The molecule has 1 heterocycles. The van der Waals surface area contributed by atoms with E-state index in [4.69, 9.17) is 27.9 Å². The second-order valence-electron chi connectivity index (χ2n) is 5.82. The van der Waals surface area contributed by atoms with Crippen LogP contribution in [0.1, 0.15) is 12.8 Å². The highest BCUT2D eigenvalue weighted by atomic mass is 35.5. The Morgan fingerprint density at radius 1 is 1.39 bits per heavy atom. The number of methoxy groups -OCH3 is 1. The molecule has 1 aromatic carbocycles. The lowest BCUT2D eigenvalue weighted by molar-refractivity contribution is -0.119. The summed E-state index contributed by atoms with van der Waals surface area (Å²) in [6.07, 6.45) is 2.02. The van der Waals surface area contributed by atoms with E-state index in [1.54, 1.807) is 25.3 Å². The van der Waals surface area contributed by atoms with Gasteiger partial charge in [0.25, 0.3) is 0 Å². The SMILES string of the molecule is COCC1(CNC(=O)CSc2cc(Cl)ccc2Cl)CCNCC1. The van der Waals surface area contributed by atoms with Gasteiger partial charge in [-0.3, -0.25) is 4.79 Å². The van der Waals surface area contributed by atoms with Crippen LogP contribution in [0.15, 0.2) is 23.1 Å². The van der Waals surface area contributed by atoms with Crippen LogP contribution >= 0.6 is 35.0 Å². The molecule has 4 nitrogen and oxygen atoms in total. The van der Waals surface area contributed by atoms with Gasteiger partial charge in [0.2, 0.25) is 5.91 Å². The molecule has 0 saturated carbocycles. The smallest absolute Gasteiger partial charge is 0.230 e. The molecule has 2 rings (SSSR count). The van der Waals surface area contributed by atoms with Crippen LogP contribution in [0.3, 0.4) is 0 Å². The van der Waals surface area contributed by atoms with E-state index >= 15 is 0 Å². The zero-order valence-corrected chi connectivity index (χ0v) is 15.5. The van der Waals surface area contributed by atoms with Crippen molar-refractivity contribution in [3.63, 3.8) is 0 Å². The van der Waals surface area contributed by atoms with Gasteiger partial charge in [0, 0.05) is 29.0 Å². The number of halogens is 2. The molecule has 7 heteroatoms. The van der Waals surface area contributed by atoms with Crippen molar-refractivity contribution in [1.29, 1.82) is 0 Å². The van der Waals surface area contributed by atoms with Gasteiger partial charge < -0.3 is 15.4 Å².